The number of benzene rings is 1. The van der Waals surface area contributed by atoms with Crippen LogP contribution in [0.4, 0.5) is 0 Å². The maximum absolute atomic E-state index is 12.4. The zero-order valence-corrected chi connectivity index (χ0v) is 13.3. The molecular formula is C14H23NO4S. The average Bonchev–Trinajstić information content (AvgIpc) is 2.44. The monoisotopic (exact) mass is 301 g/mol. The van der Waals surface area contributed by atoms with Crippen LogP contribution in [-0.2, 0) is 16.6 Å². The van der Waals surface area contributed by atoms with Crippen molar-refractivity contribution in [1.29, 1.82) is 0 Å². The Labute approximate surface area is 121 Å². The van der Waals surface area contributed by atoms with Crippen LogP contribution in [0.5, 0.6) is 5.75 Å². The van der Waals surface area contributed by atoms with Crippen LogP contribution in [0.3, 0.4) is 0 Å². The Bertz CT molecular complexity index is 552. The maximum atomic E-state index is 12.4. The third kappa shape index (κ3) is 4.19. The second-order valence-corrected chi connectivity index (χ2v) is 7.22. The first-order chi connectivity index (χ1) is 9.25. The second kappa shape index (κ2) is 6.56. The summed E-state index contributed by atoms with van der Waals surface area (Å²) in [6, 6.07) is 4.61. The van der Waals surface area contributed by atoms with Crippen LogP contribution >= 0.6 is 0 Å². The second-order valence-electron chi connectivity index (χ2n) is 5.49. The fraction of sp³-hybridized carbons (Fsp3) is 0.571. The molecular weight excluding hydrogens is 278 g/mol. The van der Waals surface area contributed by atoms with Gasteiger partial charge in [0.2, 0.25) is 10.0 Å². The van der Waals surface area contributed by atoms with Gasteiger partial charge in [0.25, 0.3) is 0 Å². The van der Waals surface area contributed by atoms with E-state index in [1.54, 1.807) is 12.1 Å². The number of methoxy groups -OCH3 is 1. The SMILES string of the molecule is CCC(C)(C)CNS(=O)(=O)c1cc(CO)ccc1OC. The minimum Gasteiger partial charge on any atom is -0.495 e. The van der Waals surface area contributed by atoms with Gasteiger partial charge in [0.1, 0.15) is 10.6 Å². The molecule has 0 aliphatic carbocycles. The number of rotatable bonds is 7. The van der Waals surface area contributed by atoms with Crippen LogP contribution < -0.4 is 9.46 Å². The number of nitrogens with one attached hydrogen (secondary N) is 1. The lowest BCUT2D eigenvalue weighted by Gasteiger charge is -2.23. The van der Waals surface area contributed by atoms with Crippen molar-refractivity contribution in [1.82, 2.24) is 4.72 Å². The quantitative estimate of drug-likeness (QED) is 0.806. The van der Waals surface area contributed by atoms with Gasteiger partial charge in [-0.25, -0.2) is 13.1 Å². The highest BCUT2D eigenvalue weighted by Crippen LogP contribution is 2.26. The number of aliphatic hydroxyl groups is 1. The summed E-state index contributed by atoms with van der Waals surface area (Å²) in [5, 5.41) is 9.13. The lowest BCUT2D eigenvalue weighted by molar-refractivity contribution is 0.281. The van der Waals surface area contributed by atoms with Crippen LogP contribution in [0.25, 0.3) is 0 Å². The van der Waals surface area contributed by atoms with E-state index < -0.39 is 10.0 Å². The minimum atomic E-state index is -3.67. The Hall–Kier alpha value is -1.11. The smallest absolute Gasteiger partial charge is 0.244 e. The Morgan fingerprint density at radius 1 is 1.35 bits per heavy atom. The van der Waals surface area contributed by atoms with E-state index in [2.05, 4.69) is 4.72 Å². The summed E-state index contributed by atoms with van der Waals surface area (Å²) in [4.78, 5) is 0.0541. The number of sulfonamides is 1. The number of ether oxygens (including phenoxy) is 1. The molecule has 0 unspecified atom stereocenters. The molecule has 1 rings (SSSR count). The standard InChI is InChI=1S/C14H23NO4S/c1-5-14(2,3)10-15-20(17,18)13-8-11(9-16)6-7-12(13)19-4/h6-8,15-16H,5,9-10H2,1-4H3. The molecule has 0 saturated carbocycles. The molecule has 0 spiro atoms. The van der Waals surface area contributed by atoms with Gasteiger partial charge in [-0.3, -0.25) is 0 Å². The summed E-state index contributed by atoms with van der Waals surface area (Å²) in [6.07, 6.45) is 0.864. The van der Waals surface area contributed by atoms with Crippen LogP contribution in [-0.4, -0.2) is 27.2 Å². The first-order valence-corrected chi connectivity index (χ1v) is 8.01. The Morgan fingerprint density at radius 2 is 2.00 bits per heavy atom. The molecule has 5 nitrogen and oxygen atoms in total. The van der Waals surface area contributed by atoms with Crippen molar-refractivity contribution in [3.63, 3.8) is 0 Å². The molecule has 0 atom stereocenters. The highest BCUT2D eigenvalue weighted by atomic mass is 32.2. The lowest BCUT2D eigenvalue weighted by Crippen LogP contribution is -2.33. The average molecular weight is 301 g/mol. The van der Waals surface area contributed by atoms with Crippen molar-refractivity contribution < 1.29 is 18.3 Å². The summed E-state index contributed by atoms with van der Waals surface area (Å²) >= 11 is 0. The molecule has 20 heavy (non-hydrogen) atoms. The van der Waals surface area contributed by atoms with Crippen LogP contribution in [0.2, 0.25) is 0 Å². The molecule has 0 aromatic heterocycles. The van der Waals surface area contributed by atoms with Crippen LogP contribution in [0.15, 0.2) is 23.1 Å². The zero-order valence-electron chi connectivity index (χ0n) is 12.4. The van der Waals surface area contributed by atoms with E-state index >= 15 is 0 Å². The molecule has 114 valence electrons. The largest absolute Gasteiger partial charge is 0.495 e. The predicted molar refractivity (Wildman–Crippen MR) is 78.2 cm³/mol. The summed E-state index contributed by atoms with van der Waals surface area (Å²) in [7, 11) is -2.25. The molecule has 1 aromatic carbocycles. The van der Waals surface area contributed by atoms with E-state index in [1.807, 2.05) is 20.8 Å². The number of hydrogen-bond donors (Lipinski definition) is 2. The van der Waals surface area contributed by atoms with Crippen molar-refractivity contribution in [3.8, 4) is 5.75 Å². The fourth-order valence-electron chi connectivity index (χ4n) is 1.52. The van der Waals surface area contributed by atoms with Crippen LogP contribution in [0.1, 0.15) is 32.8 Å². The van der Waals surface area contributed by atoms with E-state index in [9.17, 15) is 8.42 Å². The molecule has 2 N–H and O–H groups in total. The molecule has 0 radical (unpaired) electrons. The lowest BCUT2D eigenvalue weighted by atomic mass is 9.91. The Balaban J connectivity index is 3.08. The van der Waals surface area contributed by atoms with Crippen LogP contribution in [0, 0.1) is 5.41 Å². The maximum Gasteiger partial charge on any atom is 0.244 e. The molecule has 1 aromatic rings. The summed E-state index contributed by atoms with van der Waals surface area (Å²) in [6.45, 7) is 6.14. The molecule has 0 bridgehead atoms. The summed E-state index contributed by atoms with van der Waals surface area (Å²) in [5.74, 6) is 0.268. The molecule has 0 amide bonds. The molecule has 0 saturated heterocycles. The minimum absolute atomic E-state index is 0.0541. The van der Waals surface area contributed by atoms with Crippen molar-refractivity contribution in [2.75, 3.05) is 13.7 Å². The van der Waals surface area contributed by atoms with Gasteiger partial charge >= 0.3 is 0 Å². The number of aliphatic hydroxyl groups excluding tert-OH is 1. The van der Waals surface area contributed by atoms with Gasteiger partial charge in [0.05, 0.1) is 13.7 Å². The van der Waals surface area contributed by atoms with E-state index in [-0.39, 0.29) is 22.7 Å². The van der Waals surface area contributed by atoms with Gasteiger partial charge in [-0.2, -0.15) is 0 Å². The van der Waals surface area contributed by atoms with Gasteiger partial charge in [-0.1, -0.05) is 26.8 Å². The Kier molecular flexibility index (Phi) is 5.56. The molecule has 0 aliphatic rings. The highest BCUT2D eigenvalue weighted by Gasteiger charge is 2.23. The van der Waals surface area contributed by atoms with Gasteiger partial charge in [-0.05, 0) is 29.5 Å². The summed E-state index contributed by atoms with van der Waals surface area (Å²) in [5.41, 5.74) is 0.412. The first-order valence-electron chi connectivity index (χ1n) is 6.53. The fourth-order valence-corrected chi connectivity index (χ4v) is 2.98. The predicted octanol–water partition coefficient (Wildman–Crippen LogP) is 1.90. The van der Waals surface area contributed by atoms with Gasteiger partial charge < -0.3 is 9.84 Å². The molecule has 0 aliphatic heterocycles. The van der Waals surface area contributed by atoms with Crippen molar-refractivity contribution in [2.45, 2.75) is 38.7 Å². The van der Waals surface area contributed by atoms with E-state index in [0.29, 0.717) is 12.1 Å². The van der Waals surface area contributed by atoms with E-state index in [4.69, 9.17) is 9.84 Å². The van der Waals surface area contributed by atoms with Crippen molar-refractivity contribution in [2.24, 2.45) is 5.41 Å². The summed E-state index contributed by atoms with van der Waals surface area (Å²) < 4.78 is 32.4. The van der Waals surface area contributed by atoms with Gasteiger partial charge in [0, 0.05) is 6.54 Å². The van der Waals surface area contributed by atoms with E-state index in [1.165, 1.54) is 13.2 Å². The molecule has 0 fully saturated rings. The Morgan fingerprint density at radius 3 is 2.50 bits per heavy atom. The van der Waals surface area contributed by atoms with Gasteiger partial charge in [0.15, 0.2) is 0 Å². The first kappa shape index (κ1) is 16.9. The number of hydrogen-bond acceptors (Lipinski definition) is 4. The third-order valence-electron chi connectivity index (χ3n) is 3.40. The molecule has 0 heterocycles. The van der Waals surface area contributed by atoms with E-state index in [0.717, 1.165) is 6.42 Å². The normalized spacial score (nSPS) is 12.4. The topological polar surface area (TPSA) is 75.6 Å². The highest BCUT2D eigenvalue weighted by molar-refractivity contribution is 7.89. The van der Waals surface area contributed by atoms with Crippen molar-refractivity contribution >= 4 is 10.0 Å². The zero-order chi connectivity index (χ0) is 15.4. The van der Waals surface area contributed by atoms with Crippen molar-refractivity contribution in [3.05, 3.63) is 23.8 Å². The molecule has 6 heteroatoms. The third-order valence-corrected chi connectivity index (χ3v) is 4.82. The van der Waals surface area contributed by atoms with Gasteiger partial charge in [-0.15, -0.1) is 0 Å².